The van der Waals surface area contributed by atoms with Crippen molar-refractivity contribution in [3.8, 4) is 0 Å². The first kappa shape index (κ1) is 25.7. The van der Waals surface area contributed by atoms with Crippen molar-refractivity contribution >= 4 is 63.8 Å². The second kappa shape index (κ2) is 10.8. The molecular formula is C29H26N4O6. The third kappa shape index (κ3) is 6.30. The van der Waals surface area contributed by atoms with E-state index in [0.717, 1.165) is 33.4 Å². The van der Waals surface area contributed by atoms with E-state index in [1.807, 2.05) is 54.6 Å². The largest absolute Gasteiger partial charge is 0.481 e. The Morgan fingerprint density at radius 2 is 1.13 bits per heavy atom. The minimum absolute atomic E-state index is 0.0305. The molecule has 10 nitrogen and oxygen atoms in total. The Labute approximate surface area is 222 Å². The van der Waals surface area contributed by atoms with Crippen LogP contribution in [0, 0.1) is 0 Å². The molecule has 5 N–H and O–H groups in total. The number of carbonyl (C=O) groups is 3. The molecule has 0 fully saturated rings. The van der Waals surface area contributed by atoms with E-state index in [1.54, 1.807) is 0 Å². The van der Waals surface area contributed by atoms with Crippen molar-refractivity contribution in [1.29, 1.82) is 0 Å². The van der Waals surface area contributed by atoms with Crippen LogP contribution >= 0.6 is 0 Å². The van der Waals surface area contributed by atoms with Gasteiger partial charge in [0.05, 0.1) is 22.8 Å². The highest BCUT2D eigenvalue weighted by molar-refractivity contribution is 5.87. The maximum absolute atomic E-state index is 11.3. The normalized spacial score (nSPS) is 12.4. The van der Waals surface area contributed by atoms with Crippen LogP contribution in [0.25, 0.3) is 45.9 Å². The molecule has 0 radical (unpaired) electrons. The second-order valence-corrected chi connectivity index (χ2v) is 9.47. The number of carboxylic acid groups (broad SMARTS) is 3. The minimum atomic E-state index is -0.924. The number of aromatic amines is 2. The van der Waals surface area contributed by atoms with Crippen LogP contribution in [-0.4, -0.2) is 53.2 Å². The molecule has 3 aromatic rings. The highest BCUT2D eigenvalue weighted by Crippen LogP contribution is 2.28. The standard InChI is InChI=1S/C29H26N4O6/c34-27(35)6-1-16-9-21-12-19-4-5-20(30-19)13-22-10-17(2-7-28(36)37)25(32-22)15-26-18(3-8-29(38)39)11-23(33-26)14-24(16)31-21/h4-5,9-15,31-32H,1-3,6-8H2,(H,34,35)(H,36,37)(H,38,39). The van der Waals surface area contributed by atoms with Gasteiger partial charge in [-0.3, -0.25) is 14.4 Å². The molecule has 0 aliphatic carbocycles. The average Bonchev–Trinajstić information content (AvgIpc) is 3.63. The van der Waals surface area contributed by atoms with Gasteiger partial charge in [-0.25, -0.2) is 9.97 Å². The van der Waals surface area contributed by atoms with Crippen LogP contribution in [-0.2, 0) is 27.2 Å². The third-order valence-corrected chi connectivity index (χ3v) is 6.50. The lowest BCUT2D eigenvalue weighted by molar-refractivity contribution is -0.138. The molecule has 8 bridgehead atoms. The number of hydrogen-bond donors (Lipinski definition) is 5. The number of fused-ring (bicyclic) bond motifs is 8. The molecule has 2 aliphatic rings. The number of H-pyrrole nitrogens is 2. The Morgan fingerprint density at radius 1 is 0.615 bits per heavy atom. The van der Waals surface area contributed by atoms with E-state index in [2.05, 4.69) is 15.0 Å². The lowest BCUT2D eigenvalue weighted by Gasteiger charge is -2.00. The second-order valence-electron chi connectivity index (χ2n) is 9.47. The lowest BCUT2D eigenvalue weighted by Crippen LogP contribution is -1.97. The monoisotopic (exact) mass is 526 g/mol. The van der Waals surface area contributed by atoms with E-state index in [9.17, 15) is 29.7 Å². The predicted octanol–water partition coefficient (Wildman–Crippen LogP) is 4.93. The molecule has 0 amide bonds. The topological polar surface area (TPSA) is 169 Å². The summed E-state index contributed by atoms with van der Waals surface area (Å²) in [6.07, 6.45) is 6.34. The van der Waals surface area contributed by atoms with E-state index >= 15 is 0 Å². The molecule has 0 atom stereocenters. The SMILES string of the molecule is O=C(O)CCC1=Cc2cc3[nH]c(cc4nc(cc5cc(CCC(=O)O)c(cc1n2)[nH]5)C=C4)cc3CCC(=O)O. The Hall–Kier alpha value is -4.99. The van der Waals surface area contributed by atoms with Gasteiger partial charge >= 0.3 is 17.9 Å². The molecule has 2 aliphatic heterocycles. The Morgan fingerprint density at radius 3 is 1.67 bits per heavy atom. The van der Waals surface area contributed by atoms with Gasteiger partial charge in [0, 0.05) is 41.3 Å². The van der Waals surface area contributed by atoms with Gasteiger partial charge in [0.15, 0.2) is 0 Å². The molecule has 5 heterocycles. The summed E-state index contributed by atoms with van der Waals surface area (Å²) in [4.78, 5) is 49.9. The molecule has 0 saturated heterocycles. The number of carboxylic acids is 3. The fraction of sp³-hybridized carbons (Fsp3) is 0.207. The molecule has 198 valence electrons. The quantitative estimate of drug-likeness (QED) is 0.204. The summed E-state index contributed by atoms with van der Waals surface area (Å²) in [5, 5.41) is 27.7. The van der Waals surface area contributed by atoms with Crippen molar-refractivity contribution in [2.45, 2.75) is 38.5 Å². The molecule has 10 heteroatoms. The molecule has 0 unspecified atom stereocenters. The Kier molecular flexibility index (Phi) is 7.09. The van der Waals surface area contributed by atoms with Crippen LogP contribution in [0.15, 0.2) is 36.4 Å². The molecule has 0 saturated carbocycles. The molecule has 0 aromatic carbocycles. The van der Waals surface area contributed by atoms with Gasteiger partial charge < -0.3 is 25.3 Å². The van der Waals surface area contributed by atoms with Gasteiger partial charge in [-0.1, -0.05) is 0 Å². The maximum Gasteiger partial charge on any atom is 0.303 e. The van der Waals surface area contributed by atoms with E-state index in [1.165, 1.54) is 0 Å². The number of allylic oxidation sites excluding steroid dienone is 1. The van der Waals surface area contributed by atoms with Crippen molar-refractivity contribution in [2.75, 3.05) is 0 Å². The summed E-state index contributed by atoms with van der Waals surface area (Å²) in [6.45, 7) is 0. The number of nitrogens with zero attached hydrogens (tertiary/aromatic N) is 2. The van der Waals surface area contributed by atoms with Crippen LogP contribution in [0.4, 0.5) is 0 Å². The number of rotatable bonds is 9. The average molecular weight is 527 g/mol. The van der Waals surface area contributed by atoms with Crippen LogP contribution in [0.5, 0.6) is 0 Å². The highest BCUT2D eigenvalue weighted by atomic mass is 16.4. The first-order chi connectivity index (χ1) is 18.7. The Balaban J connectivity index is 1.76. The molecule has 0 spiro atoms. The van der Waals surface area contributed by atoms with Gasteiger partial charge in [-0.2, -0.15) is 0 Å². The van der Waals surface area contributed by atoms with Crippen LogP contribution in [0.2, 0.25) is 0 Å². The van der Waals surface area contributed by atoms with E-state index < -0.39 is 17.9 Å². The fourth-order valence-corrected chi connectivity index (χ4v) is 4.68. The zero-order valence-electron chi connectivity index (χ0n) is 20.9. The van der Waals surface area contributed by atoms with Crippen LogP contribution < -0.4 is 0 Å². The number of hydrogen-bond acceptors (Lipinski definition) is 5. The number of nitrogens with one attached hydrogen (secondary N) is 2. The van der Waals surface area contributed by atoms with E-state index in [0.29, 0.717) is 41.0 Å². The Bertz CT molecular complexity index is 1710. The lowest BCUT2D eigenvalue weighted by atomic mass is 10.1. The van der Waals surface area contributed by atoms with Gasteiger partial charge in [0.1, 0.15) is 0 Å². The van der Waals surface area contributed by atoms with Crippen molar-refractivity contribution in [1.82, 2.24) is 19.9 Å². The van der Waals surface area contributed by atoms with Crippen molar-refractivity contribution in [3.63, 3.8) is 0 Å². The summed E-state index contributed by atoms with van der Waals surface area (Å²) in [5.74, 6) is -2.72. The summed E-state index contributed by atoms with van der Waals surface area (Å²) >= 11 is 0. The smallest absolute Gasteiger partial charge is 0.303 e. The van der Waals surface area contributed by atoms with Crippen molar-refractivity contribution in [2.24, 2.45) is 0 Å². The zero-order valence-corrected chi connectivity index (χ0v) is 20.9. The first-order valence-electron chi connectivity index (χ1n) is 12.5. The maximum atomic E-state index is 11.3. The van der Waals surface area contributed by atoms with Crippen LogP contribution in [0.3, 0.4) is 0 Å². The van der Waals surface area contributed by atoms with Crippen LogP contribution in [0.1, 0.15) is 59.6 Å². The fourth-order valence-electron chi connectivity index (χ4n) is 4.68. The summed E-state index contributed by atoms with van der Waals surface area (Å²) in [5.41, 5.74) is 7.89. The van der Waals surface area contributed by atoms with E-state index in [4.69, 9.17) is 4.98 Å². The first-order valence-corrected chi connectivity index (χ1v) is 12.5. The molecule has 3 aromatic heterocycles. The molecule has 39 heavy (non-hydrogen) atoms. The van der Waals surface area contributed by atoms with Gasteiger partial charge in [-0.05, 0) is 90.6 Å². The third-order valence-electron chi connectivity index (χ3n) is 6.50. The molecule has 5 rings (SSSR count). The van der Waals surface area contributed by atoms with Crippen molar-refractivity contribution in [3.05, 3.63) is 70.3 Å². The van der Waals surface area contributed by atoms with Gasteiger partial charge in [-0.15, -0.1) is 0 Å². The van der Waals surface area contributed by atoms with Gasteiger partial charge in [0.25, 0.3) is 0 Å². The summed E-state index contributed by atoms with van der Waals surface area (Å²) in [7, 11) is 0. The van der Waals surface area contributed by atoms with E-state index in [-0.39, 0.29) is 25.7 Å². The summed E-state index contributed by atoms with van der Waals surface area (Å²) in [6, 6.07) is 11.2. The minimum Gasteiger partial charge on any atom is -0.481 e. The van der Waals surface area contributed by atoms with Gasteiger partial charge in [0.2, 0.25) is 0 Å². The number of aromatic nitrogens is 4. The van der Waals surface area contributed by atoms with Crippen molar-refractivity contribution < 1.29 is 29.7 Å². The number of aliphatic carboxylic acids is 3. The zero-order chi connectivity index (χ0) is 27.5. The predicted molar refractivity (Wildman–Crippen MR) is 147 cm³/mol. The number of aryl methyl sites for hydroxylation is 2. The summed E-state index contributed by atoms with van der Waals surface area (Å²) < 4.78 is 0. The highest BCUT2D eigenvalue weighted by Gasteiger charge is 2.14. The molecular weight excluding hydrogens is 500 g/mol.